The Bertz CT molecular complexity index is 464. The van der Waals surface area contributed by atoms with Gasteiger partial charge in [0.25, 0.3) is 0 Å². The van der Waals surface area contributed by atoms with Gasteiger partial charge in [0.15, 0.2) is 0 Å². The fourth-order valence-electron chi connectivity index (χ4n) is 2.16. The Morgan fingerprint density at radius 3 is 2.95 bits per heavy atom. The lowest BCUT2D eigenvalue weighted by molar-refractivity contribution is 0.405. The third-order valence-corrected chi connectivity index (χ3v) is 4.05. The number of hydrogen-bond donors (Lipinski definition) is 1. The molecule has 0 aliphatic carbocycles. The van der Waals surface area contributed by atoms with E-state index >= 15 is 0 Å². The molecule has 2 aromatic heterocycles. The molecule has 0 aliphatic rings. The maximum Gasteiger partial charge on any atom is 0.134 e. The number of methoxy groups -OCH3 is 1. The number of hydrogen-bond acceptors (Lipinski definition) is 4. The minimum absolute atomic E-state index is 0.150. The summed E-state index contributed by atoms with van der Waals surface area (Å²) < 4.78 is 7.49. The summed E-state index contributed by atoms with van der Waals surface area (Å²) in [5, 5.41) is 10.0. The molecule has 2 rings (SSSR count). The topological polar surface area (TPSA) is 39.1 Å². The third kappa shape index (κ3) is 2.98. The van der Waals surface area contributed by atoms with E-state index in [2.05, 4.69) is 35.7 Å². The van der Waals surface area contributed by atoms with Crippen molar-refractivity contribution < 1.29 is 4.74 Å². The van der Waals surface area contributed by atoms with Crippen LogP contribution >= 0.6 is 11.3 Å². The maximum atomic E-state index is 5.46. The SMILES string of the molecule is CCCNC(c1sccc1OC)c1ccnn1CC. The van der Waals surface area contributed by atoms with Crippen molar-refractivity contribution >= 4 is 11.3 Å². The van der Waals surface area contributed by atoms with Crippen molar-refractivity contribution in [1.82, 2.24) is 15.1 Å². The quantitative estimate of drug-likeness (QED) is 0.846. The molecule has 104 valence electrons. The lowest BCUT2D eigenvalue weighted by Crippen LogP contribution is -2.25. The van der Waals surface area contributed by atoms with Crippen LogP contribution in [0.4, 0.5) is 0 Å². The van der Waals surface area contributed by atoms with Crippen molar-refractivity contribution in [3.63, 3.8) is 0 Å². The number of nitrogens with one attached hydrogen (secondary N) is 1. The zero-order valence-electron chi connectivity index (χ0n) is 11.7. The summed E-state index contributed by atoms with van der Waals surface area (Å²) in [5.41, 5.74) is 1.19. The summed E-state index contributed by atoms with van der Waals surface area (Å²) in [7, 11) is 1.72. The van der Waals surface area contributed by atoms with Crippen molar-refractivity contribution in [3.05, 3.63) is 34.3 Å². The van der Waals surface area contributed by atoms with E-state index in [0.717, 1.165) is 25.3 Å². The monoisotopic (exact) mass is 279 g/mol. The van der Waals surface area contributed by atoms with Crippen LogP contribution in [0.3, 0.4) is 0 Å². The maximum absolute atomic E-state index is 5.46. The lowest BCUT2D eigenvalue weighted by atomic mass is 10.1. The molecule has 0 bridgehead atoms. The molecular weight excluding hydrogens is 258 g/mol. The third-order valence-electron chi connectivity index (χ3n) is 3.08. The van der Waals surface area contributed by atoms with Gasteiger partial charge in [-0.15, -0.1) is 11.3 Å². The van der Waals surface area contributed by atoms with Crippen LogP contribution in [0.1, 0.15) is 36.9 Å². The highest BCUT2D eigenvalue weighted by Gasteiger charge is 2.22. The first kappa shape index (κ1) is 14.1. The van der Waals surface area contributed by atoms with Crippen LogP contribution in [0, 0.1) is 0 Å². The normalized spacial score (nSPS) is 12.6. The van der Waals surface area contributed by atoms with Gasteiger partial charge in [-0.1, -0.05) is 6.92 Å². The van der Waals surface area contributed by atoms with Gasteiger partial charge in [-0.2, -0.15) is 5.10 Å². The highest BCUT2D eigenvalue weighted by molar-refractivity contribution is 7.10. The zero-order chi connectivity index (χ0) is 13.7. The van der Waals surface area contributed by atoms with Gasteiger partial charge in [0.1, 0.15) is 5.75 Å². The minimum Gasteiger partial charge on any atom is -0.496 e. The Morgan fingerprint density at radius 1 is 1.42 bits per heavy atom. The first-order valence-electron chi connectivity index (χ1n) is 6.68. The predicted molar refractivity (Wildman–Crippen MR) is 78.9 cm³/mol. The van der Waals surface area contributed by atoms with E-state index in [1.54, 1.807) is 18.4 Å². The number of aryl methyl sites for hydroxylation is 1. The van der Waals surface area contributed by atoms with Crippen LogP contribution in [0.15, 0.2) is 23.7 Å². The van der Waals surface area contributed by atoms with Crippen molar-refractivity contribution in [2.24, 2.45) is 0 Å². The molecule has 1 N–H and O–H groups in total. The molecule has 19 heavy (non-hydrogen) atoms. The number of thiophene rings is 1. The first-order chi connectivity index (χ1) is 9.31. The highest BCUT2D eigenvalue weighted by atomic mass is 32.1. The van der Waals surface area contributed by atoms with Gasteiger partial charge in [-0.05, 0) is 37.4 Å². The van der Waals surface area contributed by atoms with Crippen LogP contribution < -0.4 is 10.1 Å². The molecule has 1 atom stereocenters. The second kappa shape index (κ2) is 6.73. The van der Waals surface area contributed by atoms with Crippen LogP contribution in [-0.4, -0.2) is 23.4 Å². The molecule has 1 unspecified atom stereocenters. The first-order valence-corrected chi connectivity index (χ1v) is 7.56. The Kier molecular flexibility index (Phi) is 4.99. The molecule has 0 saturated carbocycles. The summed E-state index contributed by atoms with van der Waals surface area (Å²) in [6.45, 7) is 6.13. The van der Waals surface area contributed by atoms with Gasteiger partial charge in [0.2, 0.25) is 0 Å². The molecule has 0 amide bonds. The summed E-state index contributed by atoms with van der Waals surface area (Å²) in [6, 6.07) is 4.25. The highest BCUT2D eigenvalue weighted by Crippen LogP contribution is 2.34. The van der Waals surface area contributed by atoms with E-state index < -0.39 is 0 Å². The number of ether oxygens (including phenoxy) is 1. The fraction of sp³-hybridized carbons (Fsp3) is 0.500. The number of rotatable bonds is 7. The van der Waals surface area contributed by atoms with E-state index in [4.69, 9.17) is 4.74 Å². The molecular formula is C14H21N3OS. The van der Waals surface area contributed by atoms with E-state index in [-0.39, 0.29) is 6.04 Å². The number of aromatic nitrogens is 2. The van der Waals surface area contributed by atoms with Crippen LogP contribution in [0.25, 0.3) is 0 Å². The standard InChI is InChI=1S/C14H21N3OS/c1-4-8-15-13(11-6-9-16-17(11)5-2)14-12(18-3)7-10-19-14/h6-7,9-10,13,15H,4-5,8H2,1-3H3. The van der Waals surface area contributed by atoms with Crippen molar-refractivity contribution in [2.45, 2.75) is 32.9 Å². The van der Waals surface area contributed by atoms with Crippen LogP contribution in [0.2, 0.25) is 0 Å². The second-order valence-corrected chi connectivity index (χ2v) is 5.26. The molecule has 2 aromatic rings. The molecule has 5 heteroatoms. The lowest BCUT2D eigenvalue weighted by Gasteiger charge is -2.19. The molecule has 0 aliphatic heterocycles. The minimum atomic E-state index is 0.150. The molecule has 0 saturated heterocycles. The largest absolute Gasteiger partial charge is 0.496 e. The Morgan fingerprint density at radius 2 is 2.26 bits per heavy atom. The smallest absolute Gasteiger partial charge is 0.134 e. The van der Waals surface area contributed by atoms with Crippen molar-refractivity contribution in [1.29, 1.82) is 0 Å². The molecule has 0 aromatic carbocycles. The summed E-state index contributed by atoms with van der Waals surface area (Å²) in [4.78, 5) is 1.21. The Labute approximate surface area is 118 Å². The van der Waals surface area contributed by atoms with Gasteiger partial charge < -0.3 is 10.1 Å². The van der Waals surface area contributed by atoms with Crippen molar-refractivity contribution in [3.8, 4) is 5.75 Å². The second-order valence-electron chi connectivity index (χ2n) is 4.31. The van der Waals surface area contributed by atoms with Crippen molar-refractivity contribution in [2.75, 3.05) is 13.7 Å². The van der Waals surface area contributed by atoms with Gasteiger partial charge >= 0.3 is 0 Å². The van der Waals surface area contributed by atoms with E-state index in [1.807, 2.05) is 16.9 Å². The van der Waals surface area contributed by atoms with E-state index in [9.17, 15) is 0 Å². The summed E-state index contributed by atoms with van der Waals surface area (Å²) in [6.07, 6.45) is 2.96. The predicted octanol–water partition coefficient (Wildman–Crippen LogP) is 3.06. The average Bonchev–Trinajstić information content (AvgIpc) is 3.07. The van der Waals surface area contributed by atoms with Crippen LogP contribution in [-0.2, 0) is 6.54 Å². The summed E-state index contributed by atoms with van der Waals surface area (Å²) in [5.74, 6) is 0.947. The Hall–Kier alpha value is -1.33. The molecule has 4 nitrogen and oxygen atoms in total. The Balaban J connectivity index is 2.35. The summed E-state index contributed by atoms with van der Waals surface area (Å²) >= 11 is 1.72. The van der Waals surface area contributed by atoms with Gasteiger partial charge in [0.05, 0.1) is 23.7 Å². The average molecular weight is 279 g/mol. The number of nitrogens with zero attached hydrogens (tertiary/aromatic N) is 2. The van der Waals surface area contributed by atoms with Gasteiger partial charge in [0, 0.05) is 12.7 Å². The zero-order valence-corrected chi connectivity index (χ0v) is 12.5. The van der Waals surface area contributed by atoms with Gasteiger partial charge in [-0.3, -0.25) is 4.68 Å². The molecule has 0 spiro atoms. The van der Waals surface area contributed by atoms with Crippen LogP contribution in [0.5, 0.6) is 5.75 Å². The molecule has 2 heterocycles. The van der Waals surface area contributed by atoms with Gasteiger partial charge in [-0.25, -0.2) is 0 Å². The van der Waals surface area contributed by atoms with E-state index in [0.29, 0.717) is 0 Å². The molecule has 0 radical (unpaired) electrons. The molecule has 0 fully saturated rings. The fourth-order valence-corrected chi connectivity index (χ4v) is 3.11. The van der Waals surface area contributed by atoms with E-state index in [1.165, 1.54) is 10.6 Å².